The van der Waals surface area contributed by atoms with Crippen LogP contribution in [0.3, 0.4) is 0 Å². The maximum Gasteiger partial charge on any atom is 0.0737 e. The number of nitrogens with one attached hydrogen (secondary N) is 2. The van der Waals surface area contributed by atoms with Gasteiger partial charge in [-0.15, -0.1) is 0 Å². The number of aromatic amines is 2. The molecule has 6 aromatic heterocycles. The molecule has 0 fully saturated rings. The molecule has 0 aliphatic carbocycles. The molecule has 0 radical (unpaired) electrons. The molecule has 0 unspecified atom stereocenters. The Morgan fingerprint density at radius 1 is 0.449 bits per heavy atom. The van der Waals surface area contributed by atoms with Crippen molar-refractivity contribution in [2.45, 2.75) is 0 Å². The Balaban J connectivity index is 1.47. The van der Waals surface area contributed by atoms with E-state index in [1.165, 1.54) is 0 Å². The number of nitrogens with zero attached hydrogens (tertiary/aromatic N) is 5. The second-order valence-corrected chi connectivity index (χ2v) is 11.5. The Morgan fingerprint density at radius 2 is 0.918 bits per heavy atom. The van der Waals surface area contributed by atoms with Crippen molar-refractivity contribution in [3.8, 4) is 0 Å². The Hall–Kier alpha value is -6.93. The Kier molecular flexibility index (Phi) is 7.64. The minimum atomic E-state index is 0.568. The fourth-order valence-corrected chi connectivity index (χ4v) is 6.32. The van der Waals surface area contributed by atoms with Crippen LogP contribution < -0.4 is 16.4 Å². The van der Waals surface area contributed by atoms with Gasteiger partial charge in [-0.2, -0.15) is 0 Å². The van der Waals surface area contributed by atoms with Crippen LogP contribution in [-0.2, 0) is 0 Å². The molecule has 0 atom stereocenters. The summed E-state index contributed by atoms with van der Waals surface area (Å²) in [5.74, 6) is 0. The lowest BCUT2D eigenvalue weighted by atomic mass is 9.97. The van der Waals surface area contributed by atoms with Crippen molar-refractivity contribution in [2.75, 3.05) is 0 Å². The van der Waals surface area contributed by atoms with E-state index in [0.29, 0.717) is 5.70 Å². The van der Waals surface area contributed by atoms with Crippen LogP contribution in [0.15, 0.2) is 175 Å². The third kappa shape index (κ3) is 5.68. The van der Waals surface area contributed by atoms with Gasteiger partial charge in [0.15, 0.2) is 0 Å². The van der Waals surface area contributed by atoms with E-state index < -0.39 is 0 Å². The Morgan fingerprint density at radius 3 is 1.49 bits per heavy atom. The number of fused-ring (bicyclic) bond motifs is 5. The van der Waals surface area contributed by atoms with E-state index in [0.717, 1.165) is 83.6 Å². The molecular weight excluding hydrogens is 605 g/mol. The molecular formula is C41H30N8. The van der Waals surface area contributed by atoms with Gasteiger partial charge in [0, 0.05) is 99.7 Å². The minimum absolute atomic E-state index is 0.568. The van der Waals surface area contributed by atoms with E-state index in [-0.39, 0.29) is 0 Å². The summed E-state index contributed by atoms with van der Waals surface area (Å²) in [5, 5.41) is 1.80. The quantitative estimate of drug-likeness (QED) is 0.232. The highest BCUT2D eigenvalue weighted by Crippen LogP contribution is 2.34. The standard InChI is InChI=1S/C41H30N8/c1-26-2-3-31(42)39(28-12-20-44-21-13-28)33-5-7-35(48-33)41(30-16-24-46-25-17-30)37-9-8-36(49-37)40(29-14-22-45-23-15-29)34-6-4-32(47-34)38(26)27-10-18-43-19-11-27/h2-25,47-48H,1,42H2/b3-2-,38-32?,39-31-,40-34-,41-37-. The first-order valence-electron chi connectivity index (χ1n) is 15.8. The molecule has 0 saturated heterocycles. The number of aromatic nitrogens is 6. The summed E-state index contributed by atoms with van der Waals surface area (Å²) in [7, 11) is 0. The van der Waals surface area contributed by atoms with Crippen molar-refractivity contribution in [1.82, 2.24) is 29.9 Å². The molecule has 0 saturated carbocycles. The smallest absolute Gasteiger partial charge is 0.0737 e. The third-order valence-corrected chi connectivity index (χ3v) is 8.55. The zero-order chi connectivity index (χ0) is 33.2. The molecule has 8 heteroatoms. The van der Waals surface area contributed by atoms with Gasteiger partial charge in [0.2, 0.25) is 0 Å². The first-order chi connectivity index (χ1) is 24.1. The van der Waals surface area contributed by atoms with Gasteiger partial charge < -0.3 is 15.7 Å². The molecule has 8 heterocycles. The molecule has 0 amide bonds. The first kappa shape index (κ1) is 29.5. The molecule has 2 aliphatic rings. The number of pyridine rings is 4. The van der Waals surface area contributed by atoms with Gasteiger partial charge in [-0.1, -0.05) is 12.7 Å². The lowest BCUT2D eigenvalue weighted by Crippen LogP contribution is -2.19. The van der Waals surface area contributed by atoms with Gasteiger partial charge in [0.05, 0.1) is 11.4 Å². The van der Waals surface area contributed by atoms with Gasteiger partial charge in [-0.3, -0.25) is 19.9 Å². The van der Waals surface area contributed by atoms with Crippen LogP contribution in [0.1, 0.15) is 33.6 Å². The van der Waals surface area contributed by atoms with Gasteiger partial charge in [-0.05, 0) is 119 Å². The number of aliphatic imine (C=N–C) groups is 1. The van der Waals surface area contributed by atoms with Crippen LogP contribution in [-0.4, -0.2) is 35.6 Å². The fourth-order valence-electron chi connectivity index (χ4n) is 6.32. The van der Waals surface area contributed by atoms with E-state index in [9.17, 15) is 0 Å². The Bertz CT molecular complexity index is 2480. The molecule has 8 rings (SSSR count). The number of allylic oxidation sites excluding steroid dienone is 5. The van der Waals surface area contributed by atoms with Gasteiger partial charge in [0.1, 0.15) is 0 Å². The summed E-state index contributed by atoms with van der Waals surface area (Å²) in [6.07, 6.45) is 22.3. The molecule has 2 aliphatic heterocycles. The van der Waals surface area contributed by atoms with Crippen LogP contribution in [0.4, 0.5) is 0 Å². The fraction of sp³-hybridized carbons (Fsp3) is 0. The zero-order valence-corrected chi connectivity index (χ0v) is 26.4. The number of hydrogen-bond donors (Lipinski definition) is 3. The molecule has 49 heavy (non-hydrogen) atoms. The SMILES string of the molecule is C=C1/C=C\C(N)=C(/c2ccncc2)c2ccc([nH]2)/C(c2ccncc2)=C2/C=CC(=N2)/C(c2ccncc2)=c2/ccc([nH]2)=C1c1ccncc1. The monoisotopic (exact) mass is 634 g/mol. The third-order valence-electron chi connectivity index (χ3n) is 8.55. The van der Waals surface area contributed by atoms with Gasteiger partial charge in [-0.25, -0.2) is 4.99 Å². The van der Waals surface area contributed by atoms with E-state index in [2.05, 4.69) is 72.9 Å². The highest BCUT2D eigenvalue weighted by Gasteiger charge is 2.21. The number of H-pyrrole nitrogens is 2. The van der Waals surface area contributed by atoms with E-state index in [1.807, 2.05) is 60.7 Å². The molecule has 8 nitrogen and oxygen atoms in total. The first-order valence-corrected chi connectivity index (χ1v) is 15.8. The summed E-state index contributed by atoms with van der Waals surface area (Å²) in [6, 6.07) is 24.2. The highest BCUT2D eigenvalue weighted by atomic mass is 14.8. The van der Waals surface area contributed by atoms with Gasteiger partial charge >= 0.3 is 0 Å². The Labute approximate surface area is 282 Å². The van der Waals surface area contributed by atoms with Crippen molar-refractivity contribution in [3.63, 3.8) is 0 Å². The van der Waals surface area contributed by atoms with Crippen molar-refractivity contribution < 1.29 is 0 Å². The number of rotatable bonds is 4. The lowest BCUT2D eigenvalue weighted by molar-refractivity contribution is 1.23. The molecule has 234 valence electrons. The molecule has 4 N–H and O–H groups in total. The van der Waals surface area contributed by atoms with Crippen molar-refractivity contribution >= 4 is 28.0 Å². The van der Waals surface area contributed by atoms with Crippen LogP contribution in [0.5, 0.6) is 0 Å². The van der Waals surface area contributed by atoms with E-state index in [4.69, 9.17) is 10.7 Å². The average Bonchev–Trinajstić information content (AvgIpc) is 3.93. The summed E-state index contributed by atoms with van der Waals surface area (Å²) < 4.78 is 0. The van der Waals surface area contributed by atoms with Gasteiger partial charge in [0.25, 0.3) is 0 Å². The number of hydrogen-bond acceptors (Lipinski definition) is 6. The normalized spacial score (nSPS) is 19.5. The van der Waals surface area contributed by atoms with Crippen molar-refractivity contribution in [1.29, 1.82) is 0 Å². The van der Waals surface area contributed by atoms with Crippen LogP contribution in [0.25, 0.3) is 22.3 Å². The molecule has 6 aromatic rings. The molecule has 6 bridgehead atoms. The second kappa shape index (κ2) is 12.7. The largest absolute Gasteiger partial charge is 0.398 e. The summed E-state index contributed by atoms with van der Waals surface area (Å²) in [6.45, 7) is 4.51. The van der Waals surface area contributed by atoms with Crippen LogP contribution in [0, 0.1) is 0 Å². The summed E-state index contributed by atoms with van der Waals surface area (Å²) in [5.41, 5.74) is 19.2. The van der Waals surface area contributed by atoms with Crippen LogP contribution in [0.2, 0.25) is 0 Å². The highest BCUT2D eigenvalue weighted by molar-refractivity contribution is 6.30. The maximum atomic E-state index is 6.94. The zero-order valence-electron chi connectivity index (χ0n) is 26.4. The topological polar surface area (TPSA) is 122 Å². The molecule has 0 spiro atoms. The predicted octanol–water partition coefficient (Wildman–Crippen LogP) is 5.64. The van der Waals surface area contributed by atoms with E-state index in [1.54, 1.807) is 49.6 Å². The van der Waals surface area contributed by atoms with Crippen molar-refractivity contribution in [2.24, 2.45) is 10.7 Å². The summed E-state index contributed by atoms with van der Waals surface area (Å²) in [4.78, 5) is 29.7. The number of nitrogens with two attached hydrogens (primary N) is 1. The molecule has 0 aromatic carbocycles. The average molecular weight is 635 g/mol. The maximum absolute atomic E-state index is 6.94. The second-order valence-electron chi connectivity index (χ2n) is 11.5. The van der Waals surface area contributed by atoms with Crippen molar-refractivity contribution in [3.05, 3.63) is 215 Å². The predicted molar refractivity (Wildman–Crippen MR) is 194 cm³/mol. The van der Waals surface area contributed by atoms with Crippen LogP contribution >= 0.6 is 0 Å². The lowest BCUT2D eigenvalue weighted by Gasteiger charge is -2.12. The summed E-state index contributed by atoms with van der Waals surface area (Å²) >= 11 is 0. The minimum Gasteiger partial charge on any atom is -0.398 e. The van der Waals surface area contributed by atoms with E-state index >= 15 is 0 Å².